The third kappa shape index (κ3) is 1.99. The molecule has 1 aromatic carbocycles. The van der Waals surface area contributed by atoms with Gasteiger partial charge in [0.2, 0.25) is 0 Å². The van der Waals surface area contributed by atoms with Crippen molar-refractivity contribution in [3.05, 3.63) is 33.8 Å². The monoisotopic (exact) mass is 268 g/mol. The third-order valence-electron chi connectivity index (χ3n) is 4.42. The normalized spacial score (nSPS) is 33.0. The molecule has 4 rings (SSSR count). The van der Waals surface area contributed by atoms with Crippen LogP contribution in [0.5, 0.6) is 0 Å². The molecule has 3 unspecified atom stereocenters. The van der Waals surface area contributed by atoms with E-state index in [1.807, 2.05) is 6.07 Å². The van der Waals surface area contributed by atoms with E-state index in [4.69, 9.17) is 23.2 Å². The van der Waals surface area contributed by atoms with Gasteiger partial charge >= 0.3 is 0 Å². The Balaban J connectivity index is 1.96. The highest BCUT2D eigenvalue weighted by Crippen LogP contribution is 2.47. The summed E-state index contributed by atoms with van der Waals surface area (Å²) in [5.41, 5.74) is 1.14. The molecule has 0 spiro atoms. The second kappa shape index (κ2) is 4.46. The molecule has 2 heterocycles. The molecule has 3 heteroatoms. The average Bonchev–Trinajstić information content (AvgIpc) is 2.30. The van der Waals surface area contributed by atoms with E-state index in [1.54, 1.807) is 6.07 Å². The number of piperidine rings is 2. The highest BCUT2D eigenvalue weighted by Gasteiger charge is 2.40. The van der Waals surface area contributed by atoms with Crippen LogP contribution < -0.4 is 0 Å². The molecule has 1 aliphatic carbocycles. The van der Waals surface area contributed by atoms with Crippen LogP contribution >= 0.6 is 23.2 Å². The quantitative estimate of drug-likeness (QED) is 0.745. The largest absolute Gasteiger partial charge is 0.303 e. The molecule has 91 valence electrons. The van der Waals surface area contributed by atoms with Crippen LogP contribution in [0.1, 0.15) is 30.7 Å². The Morgan fingerprint density at radius 2 is 2.18 bits per heavy atom. The lowest BCUT2D eigenvalue weighted by Gasteiger charge is -2.48. The smallest absolute Gasteiger partial charge is 0.0534 e. The molecule has 2 saturated heterocycles. The van der Waals surface area contributed by atoms with Crippen LogP contribution in [0.25, 0.3) is 0 Å². The molecule has 2 aliphatic heterocycles. The van der Waals surface area contributed by atoms with E-state index in [2.05, 4.69) is 18.0 Å². The molecule has 1 radical (unpaired) electrons. The van der Waals surface area contributed by atoms with E-state index in [-0.39, 0.29) is 0 Å². The van der Waals surface area contributed by atoms with Gasteiger partial charge in [-0.05, 0) is 49.8 Å². The average molecular weight is 269 g/mol. The topological polar surface area (TPSA) is 3.24 Å². The zero-order chi connectivity index (χ0) is 12.0. The Morgan fingerprint density at radius 1 is 1.35 bits per heavy atom. The van der Waals surface area contributed by atoms with Gasteiger partial charge in [-0.25, -0.2) is 0 Å². The minimum absolute atomic E-state index is 0.530. The number of nitrogens with zero attached hydrogens (tertiary/aromatic N) is 1. The van der Waals surface area contributed by atoms with Gasteiger partial charge in [0.1, 0.15) is 0 Å². The third-order valence-corrected chi connectivity index (χ3v) is 5.06. The van der Waals surface area contributed by atoms with Gasteiger partial charge in [0, 0.05) is 23.7 Å². The first-order valence-electron chi connectivity index (χ1n) is 6.22. The zero-order valence-corrected chi connectivity index (χ0v) is 11.4. The minimum Gasteiger partial charge on any atom is -0.303 e. The summed E-state index contributed by atoms with van der Waals surface area (Å²) in [6.45, 7) is 1.18. The van der Waals surface area contributed by atoms with Gasteiger partial charge < -0.3 is 4.90 Å². The zero-order valence-electron chi connectivity index (χ0n) is 9.92. The second-order valence-corrected chi connectivity index (χ2v) is 6.11. The summed E-state index contributed by atoms with van der Waals surface area (Å²) in [5.74, 6) is 1.23. The fourth-order valence-corrected chi connectivity index (χ4v) is 4.15. The number of benzene rings is 1. The molecule has 1 saturated carbocycles. The van der Waals surface area contributed by atoms with Crippen molar-refractivity contribution in [2.45, 2.75) is 31.2 Å². The lowest BCUT2D eigenvalue weighted by Crippen LogP contribution is -2.49. The summed E-state index contributed by atoms with van der Waals surface area (Å²) in [6.07, 6.45) is 3.82. The fraction of sp³-hybridized carbons (Fsp3) is 0.571. The van der Waals surface area contributed by atoms with Crippen LogP contribution in [0.3, 0.4) is 0 Å². The Kier molecular flexibility index (Phi) is 3.10. The summed E-state index contributed by atoms with van der Waals surface area (Å²) in [4.78, 5) is 2.49. The van der Waals surface area contributed by atoms with E-state index in [1.165, 1.54) is 25.8 Å². The van der Waals surface area contributed by atoms with Gasteiger partial charge in [-0.2, -0.15) is 0 Å². The van der Waals surface area contributed by atoms with Gasteiger partial charge in [-0.1, -0.05) is 29.3 Å². The maximum atomic E-state index is 6.32. The number of fused-ring (bicyclic) bond motifs is 3. The summed E-state index contributed by atoms with van der Waals surface area (Å²) >= 11 is 12.6. The summed E-state index contributed by atoms with van der Waals surface area (Å²) < 4.78 is 0. The molecule has 0 amide bonds. The van der Waals surface area contributed by atoms with Crippen molar-refractivity contribution in [3.63, 3.8) is 0 Å². The van der Waals surface area contributed by atoms with E-state index < -0.39 is 0 Å². The predicted molar refractivity (Wildman–Crippen MR) is 71.8 cm³/mol. The first-order valence-corrected chi connectivity index (χ1v) is 6.98. The number of halogens is 2. The SMILES string of the molecule is CN1CC2CCC1CC2c1c(Cl)[c]ccc1Cl. The molecular weight excluding hydrogens is 253 g/mol. The lowest BCUT2D eigenvalue weighted by molar-refractivity contribution is 0.0533. The standard InChI is InChI=1S/C14H16Cl2N/c1-17-8-9-5-6-10(17)7-11(9)14-12(15)3-2-4-13(14)16/h2-3,9-11H,5-8H2,1H3. The van der Waals surface area contributed by atoms with Gasteiger partial charge in [0.15, 0.2) is 0 Å². The highest BCUT2D eigenvalue weighted by atomic mass is 35.5. The first-order chi connectivity index (χ1) is 8.16. The number of hydrogen-bond acceptors (Lipinski definition) is 1. The van der Waals surface area contributed by atoms with Crippen LogP contribution in [0.2, 0.25) is 10.0 Å². The maximum absolute atomic E-state index is 6.32. The van der Waals surface area contributed by atoms with Crippen molar-refractivity contribution in [1.29, 1.82) is 0 Å². The molecule has 3 atom stereocenters. The van der Waals surface area contributed by atoms with Gasteiger partial charge in [-0.3, -0.25) is 0 Å². The number of hydrogen-bond donors (Lipinski definition) is 0. The van der Waals surface area contributed by atoms with Crippen molar-refractivity contribution in [1.82, 2.24) is 4.90 Å². The van der Waals surface area contributed by atoms with Crippen LogP contribution in [0.4, 0.5) is 0 Å². The molecule has 17 heavy (non-hydrogen) atoms. The van der Waals surface area contributed by atoms with Crippen LogP contribution in [-0.2, 0) is 0 Å². The molecular formula is C14H16Cl2N. The van der Waals surface area contributed by atoms with Gasteiger partial charge in [0.25, 0.3) is 0 Å². The number of rotatable bonds is 1. The molecule has 3 aliphatic rings. The molecule has 1 nitrogen and oxygen atoms in total. The van der Waals surface area contributed by atoms with E-state index >= 15 is 0 Å². The molecule has 0 aromatic heterocycles. The van der Waals surface area contributed by atoms with Gasteiger partial charge in [0.05, 0.1) is 5.02 Å². The highest BCUT2D eigenvalue weighted by molar-refractivity contribution is 6.36. The van der Waals surface area contributed by atoms with E-state index in [9.17, 15) is 0 Å². The van der Waals surface area contributed by atoms with Crippen LogP contribution in [0.15, 0.2) is 12.1 Å². The van der Waals surface area contributed by atoms with Crippen LogP contribution in [0, 0.1) is 12.0 Å². The molecule has 3 fully saturated rings. The Morgan fingerprint density at radius 3 is 2.76 bits per heavy atom. The summed E-state index contributed by atoms with van der Waals surface area (Å²) in [7, 11) is 2.23. The Bertz CT molecular complexity index is 412. The molecule has 2 bridgehead atoms. The first kappa shape index (κ1) is 11.8. The Labute approximate surface area is 113 Å². The molecule has 1 aromatic rings. The fourth-order valence-electron chi connectivity index (χ4n) is 3.50. The van der Waals surface area contributed by atoms with Crippen molar-refractivity contribution in [3.8, 4) is 0 Å². The lowest BCUT2D eigenvalue weighted by atomic mass is 9.69. The van der Waals surface area contributed by atoms with E-state index in [0.717, 1.165) is 15.6 Å². The summed E-state index contributed by atoms with van der Waals surface area (Å²) in [6, 6.07) is 7.50. The molecule has 0 N–H and O–H groups in total. The van der Waals surface area contributed by atoms with Crippen LogP contribution in [-0.4, -0.2) is 24.5 Å². The van der Waals surface area contributed by atoms with Crippen molar-refractivity contribution in [2.75, 3.05) is 13.6 Å². The second-order valence-electron chi connectivity index (χ2n) is 5.33. The van der Waals surface area contributed by atoms with Crippen molar-refractivity contribution in [2.24, 2.45) is 5.92 Å². The maximum Gasteiger partial charge on any atom is 0.0534 e. The van der Waals surface area contributed by atoms with E-state index in [0.29, 0.717) is 17.9 Å². The predicted octanol–water partition coefficient (Wildman–Crippen LogP) is 3.99. The summed E-state index contributed by atoms with van der Waals surface area (Å²) in [5, 5.41) is 1.53. The Hall–Kier alpha value is -0.240. The van der Waals surface area contributed by atoms with Gasteiger partial charge in [-0.15, -0.1) is 0 Å². The van der Waals surface area contributed by atoms with Crippen molar-refractivity contribution >= 4 is 23.2 Å². The minimum atomic E-state index is 0.530. The van der Waals surface area contributed by atoms with Crippen molar-refractivity contribution < 1.29 is 0 Å².